The van der Waals surface area contributed by atoms with Gasteiger partial charge in [0.15, 0.2) is 0 Å². The predicted molar refractivity (Wildman–Crippen MR) is 119 cm³/mol. The highest BCUT2D eigenvalue weighted by molar-refractivity contribution is 7.92. The van der Waals surface area contributed by atoms with Crippen LogP contribution in [0.3, 0.4) is 0 Å². The quantitative estimate of drug-likeness (QED) is 0.443. The Hall–Kier alpha value is -3.13. The van der Waals surface area contributed by atoms with Crippen molar-refractivity contribution >= 4 is 26.7 Å². The summed E-state index contributed by atoms with van der Waals surface area (Å²) in [5.74, 6) is 1.20. The molecule has 1 fully saturated rings. The van der Waals surface area contributed by atoms with E-state index >= 15 is 0 Å². The lowest BCUT2D eigenvalue weighted by molar-refractivity contribution is 0.597. The highest BCUT2D eigenvalue weighted by atomic mass is 32.2. The highest BCUT2D eigenvalue weighted by Crippen LogP contribution is 2.49. The molecule has 160 valence electrons. The first kappa shape index (κ1) is 19.8. The fourth-order valence-corrected chi connectivity index (χ4v) is 5.10. The molecule has 0 spiro atoms. The molecular weight excluding hydrogens is 417 g/mol. The van der Waals surface area contributed by atoms with Crippen molar-refractivity contribution < 1.29 is 17.2 Å². The van der Waals surface area contributed by atoms with Crippen LogP contribution in [-0.4, -0.2) is 31.2 Å². The molecule has 1 saturated carbocycles. The number of fused-ring (bicyclic) bond motifs is 1. The van der Waals surface area contributed by atoms with Gasteiger partial charge in [-0.15, -0.1) is 0 Å². The normalized spacial score (nSPS) is 14.3. The molecule has 0 aliphatic heterocycles. The maximum atomic E-state index is 13.5. The van der Waals surface area contributed by atoms with Crippen LogP contribution < -0.4 is 4.31 Å². The Kier molecular flexibility index (Phi) is 4.62. The maximum absolute atomic E-state index is 13.5. The van der Waals surface area contributed by atoms with Gasteiger partial charge in [0.05, 0.1) is 17.5 Å². The fraction of sp³-hybridized carbons (Fsp3) is 0.261. The van der Waals surface area contributed by atoms with Crippen molar-refractivity contribution in [2.24, 2.45) is 0 Å². The van der Waals surface area contributed by atoms with E-state index in [1.807, 2.05) is 19.1 Å². The van der Waals surface area contributed by atoms with Crippen LogP contribution in [0.4, 0.5) is 10.1 Å². The molecule has 8 heteroatoms. The molecule has 0 unspecified atom stereocenters. The zero-order valence-electron chi connectivity index (χ0n) is 17.2. The topological polar surface area (TPSA) is 79.2 Å². The average molecular weight is 440 g/mol. The molecule has 2 heterocycles. The van der Waals surface area contributed by atoms with Crippen LogP contribution in [0.2, 0.25) is 0 Å². The lowest BCUT2D eigenvalue weighted by Crippen LogP contribution is -2.30. The maximum Gasteiger partial charge on any atom is 0.232 e. The van der Waals surface area contributed by atoms with E-state index in [-0.39, 0.29) is 5.82 Å². The smallest absolute Gasteiger partial charge is 0.232 e. The van der Waals surface area contributed by atoms with Crippen molar-refractivity contribution in [2.75, 3.05) is 17.1 Å². The summed E-state index contributed by atoms with van der Waals surface area (Å²) >= 11 is 0. The molecule has 1 aliphatic rings. The van der Waals surface area contributed by atoms with Crippen molar-refractivity contribution in [3.05, 3.63) is 60.2 Å². The number of sulfonamides is 1. The number of benzene rings is 2. The summed E-state index contributed by atoms with van der Waals surface area (Å²) in [7, 11) is -3.44. The fourth-order valence-electron chi connectivity index (χ4n) is 4.11. The number of aromatic nitrogens is 2. The number of H-pyrrole nitrogens is 1. The Balaban J connectivity index is 1.81. The van der Waals surface area contributed by atoms with E-state index in [4.69, 9.17) is 4.42 Å². The number of nitrogens with one attached hydrogen (secondary N) is 1. The van der Waals surface area contributed by atoms with Crippen molar-refractivity contribution in [1.82, 2.24) is 9.97 Å². The summed E-state index contributed by atoms with van der Waals surface area (Å²) < 4.78 is 46.1. The number of hydrogen-bond donors (Lipinski definition) is 1. The first-order valence-corrected chi connectivity index (χ1v) is 12.1. The van der Waals surface area contributed by atoms with Crippen molar-refractivity contribution in [1.29, 1.82) is 0 Å². The van der Waals surface area contributed by atoms with Crippen LogP contribution in [0, 0.1) is 5.82 Å². The van der Waals surface area contributed by atoms with E-state index in [1.54, 1.807) is 24.5 Å². The van der Waals surface area contributed by atoms with Crippen molar-refractivity contribution in [3.8, 4) is 22.7 Å². The molecule has 2 aromatic carbocycles. The summed E-state index contributed by atoms with van der Waals surface area (Å²) in [5, 5.41) is 0.851. The van der Waals surface area contributed by atoms with Crippen molar-refractivity contribution in [2.45, 2.75) is 25.7 Å². The Morgan fingerprint density at radius 1 is 1.23 bits per heavy atom. The Labute approximate surface area is 179 Å². The minimum absolute atomic E-state index is 0.323. The Morgan fingerprint density at radius 2 is 1.97 bits per heavy atom. The summed E-state index contributed by atoms with van der Waals surface area (Å²) in [6, 6.07) is 9.95. The van der Waals surface area contributed by atoms with Crippen LogP contribution in [0.25, 0.3) is 33.7 Å². The average Bonchev–Trinajstić information content (AvgIpc) is 3.29. The molecule has 0 amide bonds. The van der Waals surface area contributed by atoms with Gasteiger partial charge < -0.3 is 9.40 Å². The second kappa shape index (κ2) is 7.23. The molecule has 1 aliphatic carbocycles. The molecule has 0 saturated heterocycles. The number of nitrogens with zero attached hydrogens (tertiary/aromatic N) is 2. The van der Waals surface area contributed by atoms with E-state index in [2.05, 4.69) is 9.97 Å². The third-order valence-electron chi connectivity index (χ3n) is 5.65. The largest absolute Gasteiger partial charge is 0.455 e. The van der Waals surface area contributed by atoms with Crippen LogP contribution >= 0.6 is 0 Å². The van der Waals surface area contributed by atoms with Gasteiger partial charge in [0, 0.05) is 36.0 Å². The van der Waals surface area contributed by atoms with Gasteiger partial charge in [0.25, 0.3) is 0 Å². The second-order valence-electron chi connectivity index (χ2n) is 7.86. The van der Waals surface area contributed by atoms with Crippen LogP contribution in [0.5, 0.6) is 0 Å². The van der Waals surface area contributed by atoms with Gasteiger partial charge in [-0.2, -0.15) is 0 Å². The second-order valence-corrected chi connectivity index (χ2v) is 9.77. The lowest BCUT2D eigenvalue weighted by atomic mass is 10.0. The minimum atomic E-state index is -3.44. The third-order valence-corrected chi connectivity index (χ3v) is 6.91. The Morgan fingerprint density at radius 3 is 2.55 bits per heavy atom. The number of aromatic amines is 1. The van der Waals surface area contributed by atoms with Gasteiger partial charge in [0.2, 0.25) is 10.0 Å². The number of anilines is 1. The van der Waals surface area contributed by atoms with Gasteiger partial charge >= 0.3 is 0 Å². The van der Waals surface area contributed by atoms with Crippen LogP contribution in [-0.2, 0) is 10.0 Å². The monoisotopic (exact) mass is 439 g/mol. The lowest BCUT2D eigenvalue weighted by Gasteiger charge is -2.23. The number of imidazole rings is 1. The zero-order chi connectivity index (χ0) is 21.8. The molecule has 5 rings (SSSR count). The molecule has 1 N–H and O–H groups in total. The minimum Gasteiger partial charge on any atom is -0.455 e. The van der Waals surface area contributed by atoms with E-state index in [9.17, 15) is 12.8 Å². The van der Waals surface area contributed by atoms with Gasteiger partial charge in [-0.1, -0.05) is 0 Å². The van der Waals surface area contributed by atoms with Crippen LogP contribution in [0.1, 0.15) is 31.2 Å². The highest BCUT2D eigenvalue weighted by Gasteiger charge is 2.32. The first-order valence-electron chi connectivity index (χ1n) is 10.2. The third kappa shape index (κ3) is 3.50. The SMILES string of the molecule is CCN(c1cc2oc(-c3ccc(F)cc3)c(-c3ncc[nH]3)c2cc1C1CC1)S(C)(=O)=O. The molecule has 6 nitrogen and oxygen atoms in total. The molecule has 0 atom stereocenters. The zero-order valence-corrected chi connectivity index (χ0v) is 18.0. The molecule has 2 aromatic heterocycles. The number of hydrogen-bond acceptors (Lipinski definition) is 4. The van der Waals surface area contributed by atoms with Gasteiger partial charge in [-0.3, -0.25) is 4.31 Å². The molecule has 31 heavy (non-hydrogen) atoms. The van der Waals surface area contributed by atoms with Gasteiger partial charge in [-0.25, -0.2) is 17.8 Å². The van der Waals surface area contributed by atoms with E-state index in [1.165, 1.54) is 22.7 Å². The summed E-state index contributed by atoms with van der Waals surface area (Å²) in [5.41, 5.74) is 3.72. The number of halogens is 1. The Bertz CT molecular complexity index is 1360. The van der Waals surface area contributed by atoms with E-state index < -0.39 is 10.0 Å². The van der Waals surface area contributed by atoms with Gasteiger partial charge in [0.1, 0.15) is 23.0 Å². The molecular formula is C23H22FN3O3S. The van der Waals surface area contributed by atoms with E-state index in [0.717, 1.165) is 29.4 Å². The van der Waals surface area contributed by atoms with E-state index in [0.29, 0.717) is 40.9 Å². The number of rotatable bonds is 6. The molecule has 0 bridgehead atoms. The molecule has 4 aromatic rings. The summed E-state index contributed by atoms with van der Waals surface area (Å²) in [6.45, 7) is 2.16. The first-order chi connectivity index (χ1) is 14.9. The number of furan rings is 1. The van der Waals surface area contributed by atoms with Gasteiger partial charge in [-0.05, 0) is 61.6 Å². The summed E-state index contributed by atoms with van der Waals surface area (Å²) in [6.07, 6.45) is 6.68. The predicted octanol–water partition coefficient (Wildman–Crippen LogP) is 5.29. The molecule has 0 radical (unpaired) electrons. The van der Waals surface area contributed by atoms with Crippen LogP contribution in [0.15, 0.2) is 53.2 Å². The van der Waals surface area contributed by atoms with Crippen molar-refractivity contribution in [3.63, 3.8) is 0 Å². The standard InChI is InChI=1S/C23H22FN3O3S/c1-3-27(31(2,28)29)19-13-20-18(12-17(19)14-4-5-14)21(23-25-10-11-26-23)22(30-20)15-6-8-16(24)9-7-15/h6-14H,3-5H2,1-2H3,(H,25,26). The summed E-state index contributed by atoms with van der Waals surface area (Å²) in [4.78, 5) is 7.56.